The van der Waals surface area contributed by atoms with E-state index in [1.807, 2.05) is 0 Å². The van der Waals surface area contributed by atoms with E-state index in [2.05, 4.69) is 24.7 Å². The lowest BCUT2D eigenvalue weighted by molar-refractivity contribution is -0.00504. The fourth-order valence-corrected chi connectivity index (χ4v) is 4.89. The molecule has 0 saturated heterocycles. The van der Waals surface area contributed by atoms with Crippen molar-refractivity contribution in [3.8, 4) is 23.1 Å². The lowest BCUT2D eigenvalue weighted by Crippen LogP contribution is -2.09. The zero-order chi connectivity index (χ0) is 27.1. The summed E-state index contributed by atoms with van der Waals surface area (Å²) in [5.41, 5.74) is 9.10. The minimum Gasteiger partial charge on any atom is -0.436 e. The number of benzene rings is 2. The lowest BCUT2D eigenvalue weighted by atomic mass is 10.1. The second-order valence-corrected chi connectivity index (χ2v) is 10.2. The maximum atomic E-state index is 13.9. The molecular weight excluding hydrogens is 526 g/mol. The smallest absolute Gasteiger partial charge is 0.219 e. The monoisotopic (exact) mass is 548 g/mol. The van der Waals surface area contributed by atoms with Crippen LogP contribution in [0.1, 0.15) is 34.5 Å². The van der Waals surface area contributed by atoms with E-state index in [4.69, 9.17) is 10.5 Å². The van der Waals surface area contributed by atoms with Gasteiger partial charge in [-0.1, -0.05) is 12.1 Å². The van der Waals surface area contributed by atoms with Crippen LogP contribution in [-0.2, 0) is 0 Å². The van der Waals surface area contributed by atoms with Crippen molar-refractivity contribution in [1.29, 1.82) is 0 Å². The number of nitrogens with two attached hydrogens (primary N) is 1. The molecule has 0 unspecified atom stereocenters. The van der Waals surface area contributed by atoms with Crippen LogP contribution in [0.15, 0.2) is 60.9 Å². The zero-order valence-electron chi connectivity index (χ0n) is 20.6. The number of aromatic nitrogens is 4. The number of nitrogens with zero attached hydrogens (tertiary/aromatic N) is 3. The number of aromatic amines is 1. The number of H-pyrrole nitrogens is 1. The largest absolute Gasteiger partial charge is 0.436 e. The highest BCUT2D eigenvalue weighted by Gasteiger charge is 2.24. The normalized spacial score (nSPS) is 13.0. The minimum atomic E-state index is -0.504. The molecular formula is C27H22F2N6O3S. The number of anilines is 2. The Kier molecular flexibility index (Phi) is 6.31. The Morgan fingerprint density at radius 2 is 2.00 bits per heavy atom. The van der Waals surface area contributed by atoms with Gasteiger partial charge >= 0.3 is 0 Å². The molecule has 0 aliphatic heterocycles. The molecule has 6 rings (SSSR count). The van der Waals surface area contributed by atoms with Gasteiger partial charge < -0.3 is 20.2 Å². The summed E-state index contributed by atoms with van der Waals surface area (Å²) in [6.07, 6.45) is 5.09. The van der Waals surface area contributed by atoms with E-state index < -0.39 is 5.82 Å². The molecule has 0 atom stereocenters. The number of aryl methyl sites for hydroxylation is 1. The summed E-state index contributed by atoms with van der Waals surface area (Å²) < 4.78 is 37.2. The molecule has 2 aromatic carbocycles. The molecule has 0 bridgehead atoms. The van der Waals surface area contributed by atoms with Crippen LogP contribution in [0.3, 0.4) is 0 Å². The first-order valence-corrected chi connectivity index (χ1v) is 12.9. The van der Waals surface area contributed by atoms with Gasteiger partial charge in [0.05, 0.1) is 35.0 Å². The SMILES string of the molecule is Cc1cc(Oc2ccccc2F)ncc1-n1ncc(C(=O)c2cc3cc(OF)c(NSC4CC4)cc3[nH]2)c1N. The summed E-state index contributed by atoms with van der Waals surface area (Å²) in [5.74, 6) is -0.492. The van der Waals surface area contributed by atoms with Crippen molar-refractivity contribution >= 4 is 40.1 Å². The standard InChI is InChI=1S/C27H22F2N6O3S/c1-14-8-25(37-23-5-3-2-4-18(23)28)31-13-22(14)35-27(30)17(12-32-35)26(36)21-9-15-10-24(38-29)20(11-19(15)33-21)34-39-16-6-7-16/h2-5,8-13,16,33-34H,6-7,30H2,1H3. The predicted molar refractivity (Wildman–Crippen MR) is 145 cm³/mol. The molecule has 0 spiro atoms. The molecule has 1 saturated carbocycles. The average molecular weight is 549 g/mol. The van der Waals surface area contributed by atoms with Gasteiger partial charge in [-0.15, -0.1) is 0 Å². The molecule has 1 aliphatic carbocycles. The molecule has 12 heteroatoms. The van der Waals surface area contributed by atoms with Crippen LogP contribution in [0.25, 0.3) is 16.6 Å². The number of rotatable bonds is 9. The van der Waals surface area contributed by atoms with E-state index in [1.165, 1.54) is 47.2 Å². The van der Waals surface area contributed by atoms with Gasteiger partial charge in [0.25, 0.3) is 0 Å². The first kappa shape index (κ1) is 24.7. The number of carbonyl (C=O) groups is 1. The Bertz CT molecular complexity index is 1720. The third-order valence-corrected chi connectivity index (χ3v) is 7.44. The fraction of sp³-hybridized carbons (Fsp3) is 0.148. The van der Waals surface area contributed by atoms with Crippen LogP contribution in [-0.4, -0.2) is 30.8 Å². The van der Waals surface area contributed by atoms with Crippen LogP contribution in [0.2, 0.25) is 0 Å². The molecule has 39 heavy (non-hydrogen) atoms. The maximum absolute atomic E-state index is 13.9. The summed E-state index contributed by atoms with van der Waals surface area (Å²) in [6, 6.07) is 12.5. The summed E-state index contributed by atoms with van der Waals surface area (Å²) in [6.45, 7) is 1.79. The molecule has 9 nitrogen and oxygen atoms in total. The highest BCUT2D eigenvalue weighted by Crippen LogP contribution is 2.39. The van der Waals surface area contributed by atoms with Gasteiger partial charge in [0.15, 0.2) is 17.3 Å². The predicted octanol–water partition coefficient (Wildman–Crippen LogP) is 6.29. The van der Waals surface area contributed by atoms with Crippen molar-refractivity contribution in [2.75, 3.05) is 10.5 Å². The zero-order valence-corrected chi connectivity index (χ0v) is 21.4. The second kappa shape index (κ2) is 9.95. The van der Waals surface area contributed by atoms with Crippen molar-refractivity contribution in [3.63, 3.8) is 0 Å². The van der Waals surface area contributed by atoms with Crippen molar-refractivity contribution in [2.45, 2.75) is 25.0 Å². The number of fused-ring (bicyclic) bond motifs is 1. The van der Waals surface area contributed by atoms with Gasteiger partial charge in [-0.25, -0.2) is 14.1 Å². The van der Waals surface area contributed by atoms with Crippen molar-refractivity contribution < 1.29 is 23.4 Å². The summed E-state index contributed by atoms with van der Waals surface area (Å²) >= 11 is 1.51. The maximum Gasteiger partial charge on any atom is 0.219 e. The number of pyridine rings is 1. The Labute approximate surface area is 225 Å². The van der Waals surface area contributed by atoms with Crippen molar-refractivity contribution in [2.24, 2.45) is 0 Å². The van der Waals surface area contributed by atoms with Crippen LogP contribution in [0.5, 0.6) is 17.4 Å². The van der Waals surface area contributed by atoms with E-state index in [1.54, 1.807) is 37.3 Å². The minimum absolute atomic E-state index is 0.0337. The Hall–Kier alpha value is -4.58. The quantitative estimate of drug-likeness (QED) is 0.145. The summed E-state index contributed by atoms with van der Waals surface area (Å²) in [7, 11) is 0. The molecule has 198 valence electrons. The number of carbonyl (C=O) groups excluding carboxylic acids is 1. The number of halogens is 2. The number of ether oxygens (including phenoxy) is 1. The average Bonchev–Trinajstić information content (AvgIpc) is 3.55. The topological polar surface area (TPSA) is 120 Å². The Balaban J connectivity index is 1.26. The highest BCUT2D eigenvalue weighted by molar-refractivity contribution is 8.01. The van der Waals surface area contributed by atoms with E-state index in [-0.39, 0.29) is 40.2 Å². The highest BCUT2D eigenvalue weighted by atomic mass is 32.2. The molecule has 1 aliphatic rings. The first-order valence-electron chi connectivity index (χ1n) is 12.1. The van der Waals surface area contributed by atoms with E-state index >= 15 is 0 Å². The summed E-state index contributed by atoms with van der Waals surface area (Å²) in [5, 5.41) is 5.40. The van der Waals surface area contributed by atoms with Crippen molar-refractivity contribution in [1.82, 2.24) is 19.7 Å². The Morgan fingerprint density at radius 3 is 2.74 bits per heavy atom. The van der Waals surface area contributed by atoms with Gasteiger partial charge in [-0.05, 0) is 67.6 Å². The van der Waals surface area contributed by atoms with Gasteiger partial charge in [-0.2, -0.15) is 5.10 Å². The van der Waals surface area contributed by atoms with Crippen molar-refractivity contribution in [3.05, 3.63) is 83.6 Å². The van der Waals surface area contributed by atoms with Gasteiger partial charge in [0, 0.05) is 26.7 Å². The second-order valence-electron chi connectivity index (χ2n) is 9.14. The number of hydrogen-bond donors (Lipinski definition) is 3. The van der Waals surface area contributed by atoms with Gasteiger partial charge in [0.1, 0.15) is 5.82 Å². The van der Waals surface area contributed by atoms with Crippen LogP contribution >= 0.6 is 11.9 Å². The number of para-hydroxylation sites is 1. The summed E-state index contributed by atoms with van der Waals surface area (Å²) in [4.78, 5) is 24.7. The fourth-order valence-electron chi connectivity index (χ4n) is 4.07. The van der Waals surface area contributed by atoms with Crippen LogP contribution < -0.4 is 20.1 Å². The van der Waals surface area contributed by atoms with Gasteiger partial charge in [-0.3, -0.25) is 9.74 Å². The number of hydrogen-bond acceptors (Lipinski definition) is 8. The van der Waals surface area contributed by atoms with E-state index in [9.17, 15) is 13.7 Å². The molecule has 4 N–H and O–H groups in total. The molecule has 3 aromatic heterocycles. The third-order valence-electron chi connectivity index (χ3n) is 6.30. The molecule has 5 aromatic rings. The third kappa shape index (κ3) is 4.86. The molecule has 0 amide bonds. The first-order chi connectivity index (χ1) is 18.9. The number of nitrogen functional groups attached to an aromatic ring is 1. The number of ketones is 1. The van der Waals surface area contributed by atoms with Gasteiger partial charge in [0.2, 0.25) is 11.7 Å². The molecule has 1 fully saturated rings. The van der Waals surface area contributed by atoms with E-state index in [0.29, 0.717) is 33.1 Å². The molecule has 3 heterocycles. The lowest BCUT2D eigenvalue weighted by Gasteiger charge is -2.11. The van der Waals surface area contributed by atoms with Crippen LogP contribution in [0.4, 0.5) is 20.4 Å². The van der Waals surface area contributed by atoms with E-state index in [0.717, 1.165) is 12.8 Å². The van der Waals surface area contributed by atoms with Crippen LogP contribution in [0, 0.1) is 12.7 Å². The number of nitrogens with one attached hydrogen (secondary N) is 2. The Morgan fingerprint density at radius 1 is 1.18 bits per heavy atom. The molecule has 0 radical (unpaired) electrons.